The first kappa shape index (κ1) is 32.8. The van der Waals surface area contributed by atoms with Crippen molar-refractivity contribution in [1.82, 2.24) is 30.2 Å². The van der Waals surface area contributed by atoms with Crippen LogP contribution in [0.1, 0.15) is 70.6 Å². The molecule has 0 saturated carbocycles. The smallest absolute Gasteiger partial charge is 0.319 e. The zero-order chi connectivity index (χ0) is 33.1. The summed E-state index contributed by atoms with van der Waals surface area (Å²) in [5, 5.41) is 8.23. The Kier molecular flexibility index (Phi) is 9.71. The zero-order valence-corrected chi connectivity index (χ0v) is 27.6. The molecular formula is C36H44F2N8O. The van der Waals surface area contributed by atoms with Crippen LogP contribution < -0.4 is 21.1 Å². The molecule has 2 fully saturated rings. The molecule has 3 aliphatic rings. The Hall–Kier alpha value is -4.14. The minimum atomic E-state index is -0.712. The van der Waals surface area contributed by atoms with Crippen LogP contribution in [-0.2, 0) is 6.42 Å². The van der Waals surface area contributed by atoms with Crippen molar-refractivity contribution in [2.24, 2.45) is 5.92 Å². The van der Waals surface area contributed by atoms with Gasteiger partial charge in [0.25, 0.3) is 0 Å². The summed E-state index contributed by atoms with van der Waals surface area (Å²) in [6.45, 7) is 11.0. The largest absolute Gasteiger partial charge is 0.461 e. The summed E-state index contributed by atoms with van der Waals surface area (Å²) in [4.78, 5) is 21.3. The lowest BCUT2D eigenvalue weighted by atomic mass is 9.95. The van der Waals surface area contributed by atoms with Crippen LogP contribution in [0.5, 0.6) is 6.01 Å². The number of anilines is 2. The van der Waals surface area contributed by atoms with Gasteiger partial charge in [-0.15, -0.1) is 6.42 Å². The molecule has 6 heterocycles. The Bertz CT molecular complexity index is 1810. The Labute approximate surface area is 275 Å². The maximum Gasteiger partial charge on any atom is 0.319 e. The highest BCUT2D eigenvalue weighted by atomic mass is 19.1. The van der Waals surface area contributed by atoms with Crippen LogP contribution >= 0.6 is 0 Å². The first-order chi connectivity index (χ1) is 22.9. The summed E-state index contributed by atoms with van der Waals surface area (Å²) in [5.74, 6) is 2.18. The predicted molar refractivity (Wildman–Crippen MR) is 183 cm³/mol. The normalized spacial score (nSPS) is 19.5. The van der Waals surface area contributed by atoms with Crippen molar-refractivity contribution in [2.45, 2.75) is 71.3 Å². The molecule has 0 amide bonds. The van der Waals surface area contributed by atoms with Gasteiger partial charge >= 0.3 is 6.01 Å². The number of hydrogen-bond acceptors (Lipinski definition) is 9. The number of fused-ring (bicyclic) bond motifs is 2. The molecule has 248 valence electrons. The van der Waals surface area contributed by atoms with E-state index in [1.165, 1.54) is 6.07 Å². The van der Waals surface area contributed by atoms with E-state index in [0.717, 1.165) is 58.2 Å². The lowest BCUT2D eigenvalue weighted by Gasteiger charge is -2.31. The number of nitrogens with one attached hydrogen (secondary N) is 2. The van der Waals surface area contributed by atoms with Crippen molar-refractivity contribution >= 4 is 33.3 Å². The van der Waals surface area contributed by atoms with Gasteiger partial charge in [-0.3, -0.25) is 4.90 Å². The van der Waals surface area contributed by atoms with Gasteiger partial charge in [-0.25, -0.2) is 18.7 Å². The highest BCUT2D eigenvalue weighted by molar-refractivity contribution is 6.02. The maximum atomic E-state index is 16.9. The van der Waals surface area contributed by atoms with E-state index in [-0.39, 0.29) is 45.2 Å². The molecule has 47 heavy (non-hydrogen) atoms. The molecule has 0 aliphatic carbocycles. The summed E-state index contributed by atoms with van der Waals surface area (Å²) in [5.41, 5.74) is 6.84. The van der Waals surface area contributed by atoms with E-state index in [1.807, 2.05) is 13.8 Å². The fourth-order valence-electron chi connectivity index (χ4n) is 7.41. The number of ether oxygens (including phenoxy) is 1. The van der Waals surface area contributed by atoms with Crippen molar-refractivity contribution in [3.63, 3.8) is 0 Å². The summed E-state index contributed by atoms with van der Waals surface area (Å²) in [6.07, 6.45) is 12.5. The molecule has 7 rings (SSSR count). The van der Waals surface area contributed by atoms with Gasteiger partial charge in [0.05, 0.1) is 22.2 Å². The molecule has 4 N–H and O–H groups in total. The molecule has 1 atom stereocenters. The molecule has 0 bridgehead atoms. The second-order valence-electron chi connectivity index (χ2n) is 12.7. The highest BCUT2D eigenvalue weighted by Gasteiger charge is 2.45. The average molecular weight is 643 g/mol. The van der Waals surface area contributed by atoms with Crippen LogP contribution in [-0.4, -0.2) is 69.7 Å². The summed E-state index contributed by atoms with van der Waals surface area (Å²) in [6, 6.07) is 4.54. The number of nitrogens with zero attached hydrogens (tertiary/aromatic N) is 5. The number of nitrogen functional groups attached to an aromatic ring is 1. The quantitative estimate of drug-likeness (QED) is 0.228. The zero-order valence-electron chi connectivity index (χ0n) is 27.6. The fourth-order valence-corrected chi connectivity index (χ4v) is 7.41. The second kappa shape index (κ2) is 13.9. The van der Waals surface area contributed by atoms with Crippen molar-refractivity contribution < 1.29 is 13.5 Å². The number of halogens is 2. The molecule has 4 aromatic rings. The Morgan fingerprint density at radius 1 is 1.04 bits per heavy atom. The van der Waals surface area contributed by atoms with E-state index in [4.69, 9.17) is 26.9 Å². The number of benzene rings is 1. The van der Waals surface area contributed by atoms with Gasteiger partial charge in [-0.2, -0.15) is 9.97 Å². The second-order valence-corrected chi connectivity index (χ2v) is 12.7. The van der Waals surface area contributed by atoms with Gasteiger partial charge in [0.15, 0.2) is 5.82 Å². The van der Waals surface area contributed by atoms with Gasteiger partial charge in [0, 0.05) is 18.5 Å². The van der Waals surface area contributed by atoms with Gasteiger partial charge in [0.1, 0.15) is 41.0 Å². The number of aryl methyl sites for hydroxylation is 1. The van der Waals surface area contributed by atoms with Gasteiger partial charge < -0.3 is 21.1 Å². The van der Waals surface area contributed by atoms with Crippen LogP contribution in [0.2, 0.25) is 0 Å². The molecule has 0 spiro atoms. The van der Waals surface area contributed by atoms with E-state index in [9.17, 15) is 4.39 Å². The molecule has 9 nitrogen and oxygen atoms in total. The third-order valence-electron chi connectivity index (χ3n) is 9.65. The minimum absolute atomic E-state index is 0.0210. The summed E-state index contributed by atoms with van der Waals surface area (Å²) in [7, 11) is 0. The first-order valence-electron chi connectivity index (χ1n) is 16.9. The lowest BCUT2D eigenvalue weighted by molar-refractivity contribution is 0.108. The van der Waals surface area contributed by atoms with Crippen molar-refractivity contribution in [3.05, 3.63) is 41.1 Å². The maximum absolute atomic E-state index is 16.9. The topological polar surface area (TPSA) is 114 Å². The van der Waals surface area contributed by atoms with Gasteiger partial charge in [-0.1, -0.05) is 32.8 Å². The molecular weight excluding hydrogens is 598 g/mol. The monoisotopic (exact) mass is 642 g/mol. The Balaban J connectivity index is 0.00000190. The number of hydrogen-bond donors (Lipinski definition) is 3. The van der Waals surface area contributed by atoms with Crippen LogP contribution in [0, 0.1) is 29.9 Å². The minimum Gasteiger partial charge on any atom is -0.461 e. The molecule has 11 heteroatoms. The lowest BCUT2D eigenvalue weighted by Crippen LogP contribution is -2.43. The van der Waals surface area contributed by atoms with Crippen LogP contribution in [0.3, 0.4) is 0 Å². The van der Waals surface area contributed by atoms with E-state index in [1.54, 1.807) is 12.1 Å². The van der Waals surface area contributed by atoms with Crippen molar-refractivity contribution in [1.29, 1.82) is 0 Å². The van der Waals surface area contributed by atoms with Crippen molar-refractivity contribution in [2.75, 3.05) is 50.4 Å². The highest BCUT2D eigenvalue weighted by Crippen LogP contribution is 2.40. The molecule has 3 aromatic heterocycles. The van der Waals surface area contributed by atoms with E-state index < -0.39 is 11.6 Å². The first-order valence-corrected chi connectivity index (χ1v) is 16.9. The standard InChI is InChI=1S/C34H38F2N8O.C2H6/c1-3-22-23(35)10-9-21-17-25(37)41-30(26(21)22)31-28(36)29-27-24(40-31)8-4-7-20(2)18-38-13-14-39-32(27)43-33(42-29)45-19-34-11-5-15-44(34)16-6-12-34;1-2/h1,9-10,17,20,38H,4-8,11-16,18-19H2,2H3,(H2,37,41)(H,39,42,43);1-2H3. The molecule has 0 radical (unpaired) electrons. The van der Waals surface area contributed by atoms with E-state index in [2.05, 4.69) is 38.3 Å². The van der Waals surface area contributed by atoms with Crippen LogP contribution in [0.15, 0.2) is 18.2 Å². The van der Waals surface area contributed by atoms with E-state index >= 15 is 4.39 Å². The molecule has 1 aromatic carbocycles. The fraction of sp³-hybridized carbons (Fsp3) is 0.500. The summed E-state index contributed by atoms with van der Waals surface area (Å²) < 4.78 is 38.2. The van der Waals surface area contributed by atoms with Gasteiger partial charge in [-0.05, 0) is 88.0 Å². The third-order valence-corrected chi connectivity index (χ3v) is 9.65. The molecule has 1 unspecified atom stereocenters. The predicted octanol–water partition coefficient (Wildman–Crippen LogP) is 6.09. The molecule has 2 saturated heterocycles. The Morgan fingerprint density at radius 3 is 2.60 bits per heavy atom. The molecule has 3 aliphatic heterocycles. The SMILES string of the molecule is C#Cc1c(F)ccc2cc(N)nc(-c3nc4c5c(nc(OCC67CCCN6CCC7)nc5c3F)NCCNCC(C)CCC4)c12.CC. The van der Waals surface area contributed by atoms with Crippen molar-refractivity contribution in [3.8, 4) is 29.7 Å². The van der Waals surface area contributed by atoms with E-state index in [0.29, 0.717) is 54.3 Å². The third kappa shape index (κ3) is 6.29. The van der Waals surface area contributed by atoms with Gasteiger partial charge in [0.2, 0.25) is 0 Å². The average Bonchev–Trinajstić information content (AvgIpc) is 3.65. The number of terminal acetylenes is 1. The summed E-state index contributed by atoms with van der Waals surface area (Å²) >= 11 is 0. The number of aromatic nitrogens is 4. The van der Waals surface area contributed by atoms with Crippen LogP contribution in [0.25, 0.3) is 33.1 Å². The number of nitrogens with two attached hydrogens (primary N) is 1. The number of pyridine rings is 2. The Morgan fingerprint density at radius 2 is 1.83 bits per heavy atom. The number of rotatable bonds is 4. The van der Waals surface area contributed by atoms with Crippen LogP contribution in [0.4, 0.5) is 20.4 Å².